The van der Waals surface area contributed by atoms with Gasteiger partial charge in [-0.2, -0.15) is 0 Å². The highest BCUT2D eigenvalue weighted by Gasteiger charge is 2.18. The van der Waals surface area contributed by atoms with E-state index in [0.29, 0.717) is 24.7 Å². The third-order valence-electron chi connectivity index (χ3n) is 4.20. The normalized spacial score (nSPS) is 10.6. The van der Waals surface area contributed by atoms with E-state index in [-0.39, 0.29) is 25.0 Å². The summed E-state index contributed by atoms with van der Waals surface area (Å²) in [5, 5.41) is 6.40. The SMILES string of the molecule is CCCCCCN(CC(=O)Nc1cc(C)on1)C(=O)COCc1ccccc1. The summed E-state index contributed by atoms with van der Waals surface area (Å²) in [5.74, 6) is 0.456. The predicted octanol–water partition coefficient (Wildman–Crippen LogP) is 3.55. The van der Waals surface area contributed by atoms with Gasteiger partial charge in [0.25, 0.3) is 0 Å². The molecule has 0 bridgehead atoms. The van der Waals surface area contributed by atoms with Crippen LogP contribution in [0.1, 0.15) is 43.9 Å². The molecule has 1 aromatic carbocycles. The van der Waals surface area contributed by atoms with Crippen LogP contribution in [-0.2, 0) is 20.9 Å². The van der Waals surface area contributed by atoms with Crippen molar-refractivity contribution in [2.24, 2.45) is 0 Å². The Morgan fingerprint density at radius 2 is 1.96 bits per heavy atom. The summed E-state index contributed by atoms with van der Waals surface area (Å²) in [5.41, 5.74) is 1.00. The molecule has 28 heavy (non-hydrogen) atoms. The van der Waals surface area contributed by atoms with Gasteiger partial charge < -0.3 is 19.5 Å². The van der Waals surface area contributed by atoms with Crippen molar-refractivity contribution in [1.82, 2.24) is 10.1 Å². The van der Waals surface area contributed by atoms with Crippen LogP contribution < -0.4 is 5.32 Å². The lowest BCUT2D eigenvalue weighted by Gasteiger charge is -2.22. The maximum atomic E-state index is 12.6. The number of benzene rings is 1. The zero-order valence-electron chi connectivity index (χ0n) is 16.6. The van der Waals surface area contributed by atoms with Crippen molar-refractivity contribution in [3.05, 3.63) is 47.7 Å². The van der Waals surface area contributed by atoms with Crippen molar-refractivity contribution in [1.29, 1.82) is 0 Å². The van der Waals surface area contributed by atoms with Gasteiger partial charge in [0.2, 0.25) is 11.8 Å². The summed E-state index contributed by atoms with van der Waals surface area (Å²) in [6.45, 7) is 4.67. The maximum Gasteiger partial charge on any atom is 0.249 e. The molecule has 0 aliphatic heterocycles. The van der Waals surface area contributed by atoms with Gasteiger partial charge in [0.15, 0.2) is 5.82 Å². The molecule has 1 N–H and O–H groups in total. The van der Waals surface area contributed by atoms with E-state index in [1.807, 2.05) is 30.3 Å². The summed E-state index contributed by atoms with van der Waals surface area (Å²) in [7, 11) is 0. The van der Waals surface area contributed by atoms with Gasteiger partial charge in [0.05, 0.1) is 13.2 Å². The minimum Gasteiger partial charge on any atom is -0.367 e. The quantitative estimate of drug-likeness (QED) is 0.563. The predicted molar refractivity (Wildman–Crippen MR) is 107 cm³/mol. The minimum atomic E-state index is -0.305. The Balaban J connectivity index is 1.85. The number of ether oxygens (including phenoxy) is 1. The number of aryl methyl sites for hydroxylation is 1. The van der Waals surface area contributed by atoms with E-state index in [9.17, 15) is 9.59 Å². The van der Waals surface area contributed by atoms with Gasteiger partial charge in [-0.05, 0) is 18.9 Å². The molecule has 7 nitrogen and oxygen atoms in total. The minimum absolute atomic E-state index is 0.0361. The van der Waals surface area contributed by atoms with Crippen LogP contribution in [0, 0.1) is 6.92 Å². The monoisotopic (exact) mass is 387 g/mol. The van der Waals surface area contributed by atoms with Gasteiger partial charge in [-0.15, -0.1) is 0 Å². The zero-order valence-corrected chi connectivity index (χ0v) is 16.6. The van der Waals surface area contributed by atoms with Crippen molar-refractivity contribution in [2.45, 2.75) is 46.1 Å². The summed E-state index contributed by atoms with van der Waals surface area (Å²) < 4.78 is 10.5. The maximum absolute atomic E-state index is 12.6. The summed E-state index contributed by atoms with van der Waals surface area (Å²) in [6, 6.07) is 11.3. The van der Waals surface area contributed by atoms with Crippen molar-refractivity contribution < 1.29 is 18.8 Å². The Morgan fingerprint density at radius 3 is 2.64 bits per heavy atom. The van der Waals surface area contributed by atoms with Crippen molar-refractivity contribution in [3.63, 3.8) is 0 Å². The Morgan fingerprint density at radius 1 is 1.18 bits per heavy atom. The fourth-order valence-electron chi connectivity index (χ4n) is 2.72. The molecule has 0 aliphatic rings. The number of nitrogens with zero attached hydrogens (tertiary/aromatic N) is 2. The fourth-order valence-corrected chi connectivity index (χ4v) is 2.72. The molecule has 2 aromatic rings. The fraction of sp³-hybridized carbons (Fsp3) is 0.476. The highest BCUT2D eigenvalue weighted by Crippen LogP contribution is 2.08. The number of hydrogen-bond acceptors (Lipinski definition) is 5. The van der Waals surface area contributed by atoms with E-state index < -0.39 is 0 Å². The third kappa shape index (κ3) is 7.92. The Hall–Kier alpha value is -2.67. The van der Waals surface area contributed by atoms with E-state index >= 15 is 0 Å². The van der Waals surface area contributed by atoms with E-state index in [2.05, 4.69) is 17.4 Å². The second-order valence-corrected chi connectivity index (χ2v) is 6.73. The van der Waals surface area contributed by atoms with E-state index in [4.69, 9.17) is 9.26 Å². The highest BCUT2D eigenvalue weighted by molar-refractivity contribution is 5.93. The standard InChI is InChI=1S/C21H29N3O4/c1-3-4-5-9-12-24(14-20(25)22-19-13-17(2)28-23-19)21(26)16-27-15-18-10-7-6-8-11-18/h6-8,10-11,13H,3-5,9,12,14-16H2,1-2H3,(H,22,23,25). The van der Waals surface area contributed by atoms with Crippen LogP contribution in [-0.4, -0.2) is 41.6 Å². The zero-order chi connectivity index (χ0) is 20.2. The van der Waals surface area contributed by atoms with E-state index in [1.54, 1.807) is 17.9 Å². The molecule has 0 spiro atoms. The van der Waals surface area contributed by atoms with Crippen LogP contribution in [0.3, 0.4) is 0 Å². The molecule has 0 fully saturated rings. The van der Waals surface area contributed by atoms with Crippen LogP contribution in [0.5, 0.6) is 0 Å². The average Bonchev–Trinajstić information content (AvgIpc) is 3.09. The summed E-state index contributed by atoms with van der Waals surface area (Å²) >= 11 is 0. The van der Waals surface area contributed by atoms with Gasteiger partial charge >= 0.3 is 0 Å². The number of nitrogens with one attached hydrogen (secondary N) is 1. The van der Waals surface area contributed by atoms with Crippen molar-refractivity contribution in [3.8, 4) is 0 Å². The molecule has 0 aliphatic carbocycles. The Bertz CT molecular complexity index is 730. The molecule has 0 saturated carbocycles. The topological polar surface area (TPSA) is 84.7 Å². The number of anilines is 1. The Labute approximate surface area is 166 Å². The highest BCUT2D eigenvalue weighted by atomic mass is 16.5. The number of hydrogen-bond donors (Lipinski definition) is 1. The number of carbonyl (C=O) groups is 2. The molecule has 1 aromatic heterocycles. The largest absolute Gasteiger partial charge is 0.367 e. The van der Waals surface area contributed by atoms with Crippen LogP contribution in [0.25, 0.3) is 0 Å². The van der Waals surface area contributed by atoms with Crippen LogP contribution >= 0.6 is 0 Å². The molecule has 2 amide bonds. The first-order valence-electron chi connectivity index (χ1n) is 9.71. The number of rotatable bonds is 12. The lowest BCUT2D eigenvalue weighted by molar-refractivity contribution is -0.139. The first kappa shape index (κ1) is 21.6. The number of amides is 2. The number of carbonyl (C=O) groups excluding carboxylic acids is 2. The molecule has 0 saturated heterocycles. The number of unbranched alkanes of at least 4 members (excludes halogenated alkanes) is 3. The van der Waals surface area contributed by atoms with Crippen molar-refractivity contribution >= 4 is 17.6 Å². The van der Waals surface area contributed by atoms with E-state index in [1.165, 1.54) is 0 Å². The first-order valence-corrected chi connectivity index (χ1v) is 9.71. The Kier molecular flexibility index (Phi) is 9.21. The second kappa shape index (κ2) is 11.9. The van der Waals surface area contributed by atoms with Crippen LogP contribution in [0.4, 0.5) is 5.82 Å². The summed E-state index contributed by atoms with van der Waals surface area (Å²) in [6.07, 6.45) is 4.10. The van der Waals surface area contributed by atoms with Crippen LogP contribution in [0.2, 0.25) is 0 Å². The molecular weight excluding hydrogens is 358 g/mol. The second-order valence-electron chi connectivity index (χ2n) is 6.73. The van der Waals surface area contributed by atoms with Gasteiger partial charge in [-0.1, -0.05) is 61.7 Å². The van der Waals surface area contributed by atoms with Crippen molar-refractivity contribution in [2.75, 3.05) is 25.0 Å². The lowest BCUT2D eigenvalue weighted by Crippen LogP contribution is -2.40. The van der Waals surface area contributed by atoms with Gasteiger partial charge in [-0.25, -0.2) is 0 Å². The van der Waals surface area contributed by atoms with Gasteiger partial charge in [-0.3, -0.25) is 9.59 Å². The molecule has 7 heteroatoms. The molecule has 152 valence electrons. The number of aromatic nitrogens is 1. The first-order chi connectivity index (χ1) is 13.6. The third-order valence-corrected chi connectivity index (χ3v) is 4.20. The molecule has 0 radical (unpaired) electrons. The lowest BCUT2D eigenvalue weighted by atomic mass is 10.2. The van der Waals surface area contributed by atoms with E-state index in [0.717, 1.165) is 31.2 Å². The average molecular weight is 387 g/mol. The summed E-state index contributed by atoms with van der Waals surface area (Å²) in [4.78, 5) is 26.4. The smallest absolute Gasteiger partial charge is 0.249 e. The molecule has 1 heterocycles. The molecule has 2 rings (SSSR count). The van der Waals surface area contributed by atoms with Gasteiger partial charge in [0, 0.05) is 12.6 Å². The molecule has 0 atom stereocenters. The molecular formula is C21H29N3O4. The van der Waals surface area contributed by atoms with Gasteiger partial charge in [0.1, 0.15) is 12.4 Å². The van der Waals surface area contributed by atoms with Crippen LogP contribution in [0.15, 0.2) is 40.9 Å². The molecule has 0 unspecified atom stereocenters.